The van der Waals surface area contributed by atoms with Gasteiger partial charge in [0.1, 0.15) is 0 Å². The molecule has 66 valence electrons. The number of aromatic hydroxyl groups is 1. The Morgan fingerprint density at radius 2 is 2.08 bits per heavy atom. The predicted molar refractivity (Wildman–Crippen MR) is 31.5 cm³/mol. The van der Waals surface area contributed by atoms with Gasteiger partial charge in [-0.3, -0.25) is 4.79 Å². The number of halogens is 3. The van der Waals surface area contributed by atoms with E-state index in [1.165, 1.54) is 0 Å². The minimum Gasteiger partial charge on any atom is -0.505 e. The lowest BCUT2D eigenvalue weighted by Crippen LogP contribution is -2.22. The largest absolute Gasteiger partial charge is 0.505 e. The first kappa shape index (κ1) is 8.57. The van der Waals surface area contributed by atoms with Crippen molar-refractivity contribution in [2.24, 2.45) is 0 Å². The molecule has 4 nitrogen and oxygen atoms in total. The molecular formula is C5H3F3N2O2. The molecule has 0 aromatic carbocycles. The van der Waals surface area contributed by atoms with Gasteiger partial charge >= 0.3 is 6.18 Å². The highest BCUT2D eigenvalue weighted by Gasteiger charge is 2.37. The van der Waals surface area contributed by atoms with E-state index in [0.29, 0.717) is 6.20 Å². The zero-order valence-electron chi connectivity index (χ0n) is 5.51. The van der Waals surface area contributed by atoms with Crippen LogP contribution >= 0.6 is 0 Å². The lowest BCUT2D eigenvalue weighted by molar-refractivity contribution is -0.140. The van der Waals surface area contributed by atoms with E-state index in [4.69, 9.17) is 5.11 Å². The lowest BCUT2D eigenvalue weighted by Gasteiger charge is -2.05. The Balaban J connectivity index is 3.42. The van der Waals surface area contributed by atoms with Gasteiger partial charge in [0.2, 0.25) is 0 Å². The Bertz CT molecular complexity index is 343. The van der Waals surface area contributed by atoms with Crippen LogP contribution in [0, 0.1) is 0 Å². The van der Waals surface area contributed by atoms with Gasteiger partial charge in [0.25, 0.3) is 5.56 Å². The second-order valence-corrected chi connectivity index (χ2v) is 1.96. The van der Waals surface area contributed by atoms with Gasteiger partial charge in [0.05, 0.1) is 6.20 Å². The van der Waals surface area contributed by atoms with Crippen molar-refractivity contribution in [3.05, 3.63) is 22.1 Å². The van der Waals surface area contributed by atoms with Crippen LogP contribution < -0.4 is 5.56 Å². The summed E-state index contributed by atoms with van der Waals surface area (Å²) >= 11 is 0. The topological polar surface area (TPSA) is 66.0 Å². The van der Waals surface area contributed by atoms with Gasteiger partial charge in [-0.2, -0.15) is 18.3 Å². The number of alkyl halides is 3. The van der Waals surface area contributed by atoms with Gasteiger partial charge in [-0.25, -0.2) is 5.10 Å². The molecule has 0 saturated carbocycles. The van der Waals surface area contributed by atoms with E-state index in [1.807, 2.05) is 0 Å². The molecule has 0 fully saturated rings. The van der Waals surface area contributed by atoms with Crippen LogP contribution in [0.4, 0.5) is 13.2 Å². The highest BCUT2D eigenvalue weighted by atomic mass is 19.4. The average Bonchev–Trinajstić information content (AvgIpc) is 1.82. The van der Waals surface area contributed by atoms with Crippen molar-refractivity contribution < 1.29 is 18.3 Å². The molecule has 7 heteroatoms. The summed E-state index contributed by atoms with van der Waals surface area (Å²) in [5.74, 6) is -1.17. The van der Waals surface area contributed by atoms with Crippen molar-refractivity contribution >= 4 is 0 Å². The number of hydrogen-bond donors (Lipinski definition) is 2. The molecule has 0 aliphatic heterocycles. The molecule has 1 rings (SSSR count). The Morgan fingerprint density at radius 1 is 1.50 bits per heavy atom. The van der Waals surface area contributed by atoms with Crippen molar-refractivity contribution in [1.29, 1.82) is 0 Å². The fourth-order valence-corrected chi connectivity index (χ4v) is 0.663. The fraction of sp³-hybridized carbons (Fsp3) is 0.200. The van der Waals surface area contributed by atoms with Crippen LogP contribution in [0.1, 0.15) is 5.56 Å². The molecule has 0 amide bonds. The summed E-state index contributed by atoms with van der Waals surface area (Å²) in [7, 11) is 0. The third-order valence-corrected chi connectivity index (χ3v) is 1.12. The number of nitrogens with one attached hydrogen (secondary N) is 1. The summed E-state index contributed by atoms with van der Waals surface area (Å²) in [6.07, 6.45) is -4.34. The minimum absolute atomic E-state index is 0.518. The molecule has 0 spiro atoms. The number of nitrogens with zero attached hydrogens (tertiary/aromatic N) is 1. The van der Waals surface area contributed by atoms with E-state index >= 15 is 0 Å². The number of aromatic nitrogens is 2. The molecular weight excluding hydrogens is 177 g/mol. The van der Waals surface area contributed by atoms with Gasteiger partial charge in [-0.05, 0) is 0 Å². The van der Waals surface area contributed by atoms with Crippen LogP contribution in [0.15, 0.2) is 11.0 Å². The van der Waals surface area contributed by atoms with Crippen LogP contribution in [0.25, 0.3) is 0 Å². The Kier molecular flexibility index (Phi) is 1.79. The van der Waals surface area contributed by atoms with Gasteiger partial charge < -0.3 is 5.11 Å². The van der Waals surface area contributed by atoms with Crippen LogP contribution in [0.3, 0.4) is 0 Å². The molecule has 0 saturated heterocycles. The van der Waals surface area contributed by atoms with Crippen LogP contribution in [0.5, 0.6) is 5.75 Å². The highest BCUT2D eigenvalue weighted by Crippen LogP contribution is 2.31. The first-order valence-corrected chi connectivity index (χ1v) is 2.77. The number of aromatic amines is 1. The Morgan fingerprint density at radius 3 is 2.42 bits per heavy atom. The van der Waals surface area contributed by atoms with E-state index in [-0.39, 0.29) is 0 Å². The van der Waals surface area contributed by atoms with E-state index in [9.17, 15) is 18.0 Å². The van der Waals surface area contributed by atoms with Crippen LogP contribution in [0.2, 0.25) is 0 Å². The summed E-state index contributed by atoms with van der Waals surface area (Å²) in [6, 6.07) is 0. The zero-order chi connectivity index (χ0) is 9.35. The van der Waals surface area contributed by atoms with Gasteiger partial charge in [-0.15, -0.1) is 0 Å². The Labute approximate surface area is 63.7 Å². The van der Waals surface area contributed by atoms with Crippen molar-refractivity contribution in [2.45, 2.75) is 6.18 Å². The smallest absolute Gasteiger partial charge is 0.425 e. The summed E-state index contributed by atoms with van der Waals surface area (Å²) in [5, 5.41) is 13.2. The van der Waals surface area contributed by atoms with E-state index in [0.717, 1.165) is 0 Å². The normalized spacial score (nSPS) is 11.6. The van der Waals surface area contributed by atoms with E-state index < -0.39 is 23.0 Å². The molecule has 0 aliphatic rings. The second kappa shape index (κ2) is 2.50. The minimum atomic E-state index is -4.86. The monoisotopic (exact) mass is 180 g/mol. The maximum Gasteiger partial charge on any atom is 0.425 e. The maximum atomic E-state index is 11.9. The average molecular weight is 180 g/mol. The number of rotatable bonds is 0. The SMILES string of the molecule is O=c1[nH]ncc(O)c1C(F)(F)F. The molecule has 0 radical (unpaired) electrons. The molecule has 0 bridgehead atoms. The van der Waals surface area contributed by atoms with Crippen molar-refractivity contribution in [3.8, 4) is 5.75 Å². The molecule has 12 heavy (non-hydrogen) atoms. The van der Waals surface area contributed by atoms with Crippen molar-refractivity contribution in [2.75, 3.05) is 0 Å². The molecule has 1 heterocycles. The third kappa shape index (κ3) is 1.39. The predicted octanol–water partition coefficient (Wildman–Crippen LogP) is 0.494. The van der Waals surface area contributed by atoms with Crippen LogP contribution in [-0.4, -0.2) is 15.3 Å². The lowest BCUT2D eigenvalue weighted by atomic mass is 10.3. The molecule has 2 N–H and O–H groups in total. The molecule has 1 aromatic rings. The third-order valence-electron chi connectivity index (χ3n) is 1.12. The molecule has 0 unspecified atom stereocenters. The number of hydrogen-bond acceptors (Lipinski definition) is 3. The van der Waals surface area contributed by atoms with Crippen molar-refractivity contribution in [1.82, 2.24) is 10.2 Å². The maximum absolute atomic E-state index is 11.9. The molecule has 1 aromatic heterocycles. The van der Waals surface area contributed by atoms with E-state index in [1.54, 1.807) is 5.10 Å². The quantitative estimate of drug-likeness (QED) is 0.610. The van der Waals surface area contributed by atoms with Crippen molar-refractivity contribution in [3.63, 3.8) is 0 Å². The van der Waals surface area contributed by atoms with E-state index in [2.05, 4.69) is 5.10 Å². The summed E-state index contributed by atoms with van der Waals surface area (Å²) in [4.78, 5) is 10.5. The van der Waals surface area contributed by atoms with Gasteiger partial charge in [0.15, 0.2) is 11.3 Å². The summed E-state index contributed by atoms with van der Waals surface area (Å²) in [6.45, 7) is 0. The van der Waals surface area contributed by atoms with Gasteiger partial charge in [-0.1, -0.05) is 0 Å². The first-order chi connectivity index (χ1) is 5.43. The van der Waals surface area contributed by atoms with Crippen LogP contribution in [-0.2, 0) is 6.18 Å². The highest BCUT2D eigenvalue weighted by molar-refractivity contribution is 5.28. The summed E-state index contributed by atoms with van der Waals surface area (Å²) in [5.41, 5.74) is -3.08. The number of H-pyrrole nitrogens is 1. The standard InChI is InChI=1S/C5H3F3N2O2/c6-5(7,8)3-2(11)1-9-10-4(3)12/h1H,(H2,10,11,12). The fourth-order valence-electron chi connectivity index (χ4n) is 0.663. The second-order valence-electron chi connectivity index (χ2n) is 1.96. The summed E-state index contributed by atoms with van der Waals surface area (Å²) < 4.78 is 35.7. The first-order valence-electron chi connectivity index (χ1n) is 2.77. The Hall–Kier alpha value is -1.53. The van der Waals surface area contributed by atoms with Gasteiger partial charge in [0, 0.05) is 0 Å². The zero-order valence-corrected chi connectivity index (χ0v) is 5.51. The molecule has 0 atom stereocenters. The molecule has 0 aliphatic carbocycles.